The predicted octanol–water partition coefficient (Wildman–Crippen LogP) is 3.14. The van der Waals surface area contributed by atoms with Gasteiger partial charge in [-0.1, -0.05) is 18.2 Å². The van der Waals surface area contributed by atoms with Gasteiger partial charge in [0.1, 0.15) is 6.42 Å². The van der Waals surface area contributed by atoms with Gasteiger partial charge in [0, 0.05) is 16.9 Å². The monoisotopic (exact) mass is 340 g/mol. The number of hydrogen-bond acceptors (Lipinski definition) is 4. The average molecular weight is 340 g/mol. The second kappa shape index (κ2) is 8.63. The smallest absolute Gasteiger partial charge is 0.315 e. The lowest BCUT2D eigenvalue weighted by molar-refractivity contribution is -0.145. The third-order valence-electron chi connectivity index (χ3n) is 3.40. The second-order valence-electron chi connectivity index (χ2n) is 5.38. The quantitative estimate of drug-likeness (QED) is 0.625. The van der Waals surface area contributed by atoms with Gasteiger partial charge in [-0.15, -0.1) is 0 Å². The van der Waals surface area contributed by atoms with Crippen molar-refractivity contribution in [2.24, 2.45) is 0 Å². The molecule has 0 aliphatic carbocycles. The van der Waals surface area contributed by atoms with E-state index < -0.39 is 11.9 Å². The van der Waals surface area contributed by atoms with E-state index in [4.69, 9.17) is 4.74 Å². The molecular formula is C19H20N2O4. The van der Waals surface area contributed by atoms with E-state index in [9.17, 15) is 14.4 Å². The molecule has 0 unspecified atom stereocenters. The molecular weight excluding hydrogens is 320 g/mol. The number of rotatable bonds is 6. The number of benzene rings is 2. The Morgan fingerprint density at radius 3 is 2.36 bits per heavy atom. The molecule has 6 nitrogen and oxygen atoms in total. The Labute approximate surface area is 146 Å². The molecule has 2 aromatic rings. The number of carbonyl (C=O) groups is 3. The Morgan fingerprint density at radius 1 is 1.00 bits per heavy atom. The molecule has 0 aliphatic rings. The highest BCUT2D eigenvalue weighted by atomic mass is 16.5. The Kier molecular flexibility index (Phi) is 6.28. The van der Waals surface area contributed by atoms with Crippen LogP contribution in [-0.2, 0) is 14.3 Å². The van der Waals surface area contributed by atoms with Crippen LogP contribution in [0.5, 0.6) is 0 Å². The van der Waals surface area contributed by atoms with Crippen LogP contribution in [0.15, 0.2) is 48.5 Å². The van der Waals surface area contributed by atoms with Crippen LogP contribution in [-0.4, -0.2) is 24.4 Å². The highest BCUT2D eigenvalue weighted by molar-refractivity contribution is 6.05. The van der Waals surface area contributed by atoms with Gasteiger partial charge in [0.05, 0.1) is 6.61 Å². The molecule has 0 bridgehead atoms. The van der Waals surface area contributed by atoms with Crippen molar-refractivity contribution in [1.29, 1.82) is 0 Å². The SMILES string of the molecule is CCOC(=O)CC(=O)Nc1ccc(NC(=O)c2ccccc2)c(C)c1. The van der Waals surface area contributed by atoms with E-state index in [1.807, 2.05) is 13.0 Å². The summed E-state index contributed by atoms with van der Waals surface area (Å²) in [6.45, 7) is 3.74. The number of esters is 1. The average Bonchev–Trinajstić information content (AvgIpc) is 2.58. The first-order valence-electron chi connectivity index (χ1n) is 7.92. The molecule has 6 heteroatoms. The van der Waals surface area contributed by atoms with Crippen molar-refractivity contribution in [3.05, 3.63) is 59.7 Å². The summed E-state index contributed by atoms with van der Waals surface area (Å²) < 4.78 is 4.73. The standard InChI is InChI=1S/C19H20N2O4/c1-3-25-18(23)12-17(22)20-15-9-10-16(13(2)11-15)21-19(24)14-7-5-4-6-8-14/h4-11H,3,12H2,1-2H3,(H,20,22)(H,21,24). The van der Waals surface area contributed by atoms with E-state index in [0.717, 1.165) is 5.56 Å². The van der Waals surface area contributed by atoms with Gasteiger partial charge in [-0.3, -0.25) is 14.4 Å². The zero-order valence-electron chi connectivity index (χ0n) is 14.2. The lowest BCUT2D eigenvalue weighted by Crippen LogP contribution is -2.18. The molecule has 130 valence electrons. The molecule has 0 aromatic heterocycles. The normalized spacial score (nSPS) is 10.0. The third kappa shape index (κ3) is 5.46. The fourth-order valence-electron chi connectivity index (χ4n) is 2.21. The lowest BCUT2D eigenvalue weighted by atomic mass is 10.1. The molecule has 0 fully saturated rings. The van der Waals surface area contributed by atoms with Crippen molar-refractivity contribution in [3.63, 3.8) is 0 Å². The number of aryl methyl sites for hydroxylation is 1. The van der Waals surface area contributed by atoms with Gasteiger partial charge in [0.15, 0.2) is 0 Å². The summed E-state index contributed by atoms with van der Waals surface area (Å²) in [5.41, 5.74) is 2.55. The van der Waals surface area contributed by atoms with Crippen LogP contribution in [0.25, 0.3) is 0 Å². The van der Waals surface area contributed by atoms with Crippen molar-refractivity contribution >= 4 is 29.2 Å². The number of nitrogens with one attached hydrogen (secondary N) is 2. The van der Waals surface area contributed by atoms with Crippen LogP contribution >= 0.6 is 0 Å². The first-order valence-corrected chi connectivity index (χ1v) is 7.92. The maximum atomic E-state index is 12.2. The molecule has 0 radical (unpaired) electrons. The highest BCUT2D eigenvalue weighted by Crippen LogP contribution is 2.20. The number of anilines is 2. The highest BCUT2D eigenvalue weighted by Gasteiger charge is 2.12. The van der Waals surface area contributed by atoms with Crippen LogP contribution in [0.3, 0.4) is 0 Å². The summed E-state index contributed by atoms with van der Waals surface area (Å²) in [6, 6.07) is 14.0. The summed E-state index contributed by atoms with van der Waals surface area (Å²) in [6.07, 6.45) is -0.334. The molecule has 0 saturated heterocycles. The Balaban J connectivity index is 1.99. The van der Waals surface area contributed by atoms with Gasteiger partial charge in [-0.2, -0.15) is 0 Å². The maximum absolute atomic E-state index is 12.2. The zero-order chi connectivity index (χ0) is 18.2. The van der Waals surface area contributed by atoms with Crippen LogP contribution in [0.1, 0.15) is 29.3 Å². The molecule has 0 saturated carbocycles. The molecule has 0 heterocycles. The molecule has 2 aromatic carbocycles. The van der Waals surface area contributed by atoms with E-state index in [-0.39, 0.29) is 18.9 Å². The first-order chi connectivity index (χ1) is 12.0. The van der Waals surface area contributed by atoms with Gasteiger partial charge < -0.3 is 15.4 Å². The fourth-order valence-corrected chi connectivity index (χ4v) is 2.21. The number of hydrogen-bond donors (Lipinski definition) is 2. The van der Waals surface area contributed by atoms with Crippen LogP contribution in [0, 0.1) is 6.92 Å². The zero-order valence-corrected chi connectivity index (χ0v) is 14.2. The minimum absolute atomic E-state index is 0.206. The Bertz CT molecular complexity index is 772. The second-order valence-corrected chi connectivity index (χ2v) is 5.38. The number of ether oxygens (including phenoxy) is 1. The summed E-state index contributed by atoms with van der Waals surface area (Å²) in [7, 11) is 0. The molecule has 0 spiro atoms. The Hall–Kier alpha value is -3.15. The van der Waals surface area contributed by atoms with Gasteiger partial charge in [-0.25, -0.2) is 0 Å². The van der Waals surface area contributed by atoms with E-state index in [2.05, 4.69) is 10.6 Å². The third-order valence-corrected chi connectivity index (χ3v) is 3.40. The lowest BCUT2D eigenvalue weighted by Gasteiger charge is -2.11. The van der Waals surface area contributed by atoms with E-state index in [0.29, 0.717) is 16.9 Å². The van der Waals surface area contributed by atoms with Crippen molar-refractivity contribution in [2.75, 3.05) is 17.2 Å². The number of amides is 2. The minimum Gasteiger partial charge on any atom is -0.466 e. The molecule has 0 aliphatic heterocycles. The van der Waals surface area contributed by atoms with E-state index in [1.54, 1.807) is 49.4 Å². The summed E-state index contributed by atoms with van der Waals surface area (Å²) in [5.74, 6) is -1.22. The van der Waals surface area contributed by atoms with Crippen LogP contribution in [0.4, 0.5) is 11.4 Å². The predicted molar refractivity (Wildman–Crippen MR) is 95.5 cm³/mol. The van der Waals surface area contributed by atoms with E-state index in [1.165, 1.54) is 0 Å². The molecule has 25 heavy (non-hydrogen) atoms. The largest absolute Gasteiger partial charge is 0.466 e. The topological polar surface area (TPSA) is 84.5 Å². The van der Waals surface area contributed by atoms with Gasteiger partial charge in [0.2, 0.25) is 5.91 Å². The summed E-state index contributed by atoms with van der Waals surface area (Å²) in [5, 5.41) is 5.46. The molecule has 2 N–H and O–H groups in total. The first kappa shape index (κ1) is 18.2. The van der Waals surface area contributed by atoms with Gasteiger partial charge >= 0.3 is 5.97 Å². The molecule has 2 rings (SSSR count). The van der Waals surface area contributed by atoms with Crippen molar-refractivity contribution in [1.82, 2.24) is 0 Å². The van der Waals surface area contributed by atoms with Crippen LogP contribution < -0.4 is 10.6 Å². The fraction of sp³-hybridized carbons (Fsp3) is 0.211. The van der Waals surface area contributed by atoms with Crippen molar-refractivity contribution in [3.8, 4) is 0 Å². The molecule has 2 amide bonds. The van der Waals surface area contributed by atoms with Gasteiger partial charge in [-0.05, 0) is 49.7 Å². The minimum atomic E-state index is -0.566. The Morgan fingerprint density at radius 2 is 1.72 bits per heavy atom. The summed E-state index contributed by atoms with van der Waals surface area (Å²) >= 11 is 0. The van der Waals surface area contributed by atoms with Gasteiger partial charge in [0.25, 0.3) is 5.91 Å². The summed E-state index contributed by atoms with van der Waals surface area (Å²) in [4.78, 5) is 35.2. The van der Waals surface area contributed by atoms with Crippen molar-refractivity contribution < 1.29 is 19.1 Å². The molecule has 0 atom stereocenters. The van der Waals surface area contributed by atoms with Crippen LogP contribution in [0.2, 0.25) is 0 Å². The van der Waals surface area contributed by atoms with E-state index >= 15 is 0 Å². The van der Waals surface area contributed by atoms with Crippen molar-refractivity contribution in [2.45, 2.75) is 20.3 Å². The maximum Gasteiger partial charge on any atom is 0.315 e. The number of carbonyl (C=O) groups excluding carboxylic acids is 3.